The predicted octanol–water partition coefficient (Wildman–Crippen LogP) is 10.8. The third-order valence-corrected chi connectivity index (χ3v) is 9.73. The standard InChI is InChI=1S/C41H47N2/c1-7-9-28-42-35-27-25-30-18-14-16-20-32(30)38(35)41(5,6)37(42)23-13-11-12-22-36-40(3,4)34-26-24-31-19-15-17-21-33(31)39(34)43(36)29-10-8-2/h11-27H,7-10,28-29H2,1-6H3/q+1. The van der Waals surface area contributed by atoms with E-state index in [0.717, 1.165) is 13.1 Å². The van der Waals surface area contributed by atoms with E-state index in [9.17, 15) is 0 Å². The highest BCUT2D eigenvalue weighted by molar-refractivity contribution is 6.07. The molecule has 2 nitrogen and oxygen atoms in total. The van der Waals surface area contributed by atoms with Crippen molar-refractivity contribution in [2.45, 2.75) is 78.1 Å². The Morgan fingerprint density at radius 3 is 2.12 bits per heavy atom. The summed E-state index contributed by atoms with van der Waals surface area (Å²) in [4.78, 5) is 2.57. The Morgan fingerprint density at radius 1 is 0.698 bits per heavy atom. The lowest BCUT2D eigenvalue weighted by molar-refractivity contribution is -0.436. The van der Waals surface area contributed by atoms with E-state index in [2.05, 4.69) is 154 Å². The van der Waals surface area contributed by atoms with Gasteiger partial charge in [0.15, 0.2) is 5.71 Å². The number of unbranched alkanes of at least 4 members (excludes halogenated alkanes) is 2. The van der Waals surface area contributed by atoms with Crippen LogP contribution in [0.1, 0.15) is 78.4 Å². The lowest BCUT2D eigenvalue weighted by Crippen LogP contribution is -2.27. The first-order valence-corrected chi connectivity index (χ1v) is 16.3. The van der Waals surface area contributed by atoms with Crippen LogP contribution in [-0.2, 0) is 10.8 Å². The first kappa shape index (κ1) is 29.2. The molecule has 0 bridgehead atoms. The Bertz CT molecular complexity index is 1790. The Balaban J connectivity index is 1.36. The molecule has 2 heteroatoms. The summed E-state index contributed by atoms with van der Waals surface area (Å²) in [5.41, 5.74) is 8.29. The summed E-state index contributed by atoms with van der Waals surface area (Å²) in [7, 11) is 0. The van der Waals surface area contributed by atoms with Gasteiger partial charge in [0.25, 0.3) is 0 Å². The molecule has 0 saturated heterocycles. The first-order valence-electron chi connectivity index (χ1n) is 16.3. The summed E-state index contributed by atoms with van der Waals surface area (Å²) in [6.07, 6.45) is 16.2. The van der Waals surface area contributed by atoms with E-state index in [0.29, 0.717) is 0 Å². The van der Waals surface area contributed by atoms with Gasteiger partial charge in [-0.3, -0.25) is 0 Å². The largest absolute Gasteiger partial charge is 0.344 e. The summed E-state index contributed by atoms with van der Waals surface area (Å²) in [5, 5.41) is 5.37. The molecule has 0 spiro atoms. The maximum atomic E-state index is 2.60. The zero-order valence-electron chi connectivity index (χ0n) is 27.0. The fraction of sp³-hybridized carbons (Fsp3) is 0.341. The van der Waals surface area contributed by atoms with Gasteiger partial charge in [-0.05, 0) is 60.2 Å². The Hall–Kier alpha value is -3.91. The predicted molar refractivity (Wildman–Crippen MR) is 187 cm³/mol. The molecule has 0 saturated carbocycles. The monoisotopic (exact) mass is 567 g/mol. The summed E-state index contributed by atoms with van der Waals surface area (Å²) in [6, 6.07) is 27.0. The van der Waals surface area contributed by atoms with Crippen LogP contribution in [0.3, 0.4) is 0 Å². The molecule has 0 N–H and O–H groups in total. The number of fused-ring (bicyclic) bond motifs is 6. The minimum absolute atomic E-state index is 0.0526. The molecule has 0 unspecified atom stereocenters. The van der Waals surface area contributed by atoms with Crippen LogP contribution in [0.4, 0.5) is 11.4 Å². The molecule has 220 valence electrons. The van der Waals surface area contributed by atoms with Crippen molar-refractivity contribution in [3.05, 3.63) is 120 Å². The van der Waals surface area contributed by atoms with Gasteiger partial charge in [-0.15, -0.1) is 0 Å². The Kier molecular flexibility index (Phi) is 7.90. The van der Waals surface area contributed by atoms with Gasteiger partial charge in [-0.1, -0.05) is 119 Å². The first-order chi connectivity index (χ1) is 20.8. The molecule has 2 heterocycles. The molecule has 0 atom stereocenters. The normalized spacial score (nSPS) is 18.2. The van der Waals surface area contributed by atoms with Crippen LogP contribution in [-0.4, -0.2) is 23.4 Å². The molecular formula is C41H47N2+. The van der Waals surface area contributed by atoms with Crippen molar-refractivity contribution >= 4 is 38.6 Å². The molecule has 0 aromatic heterocycles. The second-order valence-corrected chi connectivity index (χ2v) is 13.3. The van der Waals surface area contributed by atoms with Gasteiger partial charge in [-0.2, -0.15) is 4.58 Å². The second kappa shape index (κ2) is 11.6. The van der Waals surface area contributed by atoms with Crippen LogP contribution in [0, 0.1) is 0 Å². The van der Waals surface area contributed by atoms with Crippen LogP contribution in [0.15, 0.2) is 109 Å². The fourth-order valence-corrected chi connectivity index (χ4v) is 7.44. The molecule has 0 radical (unpaired) electrons. The van der Waals surface area contributed by atoms with Crippen molar-refractivity contribution in [2.75, 3.05) is 18.0 Å². The van der Waals surface area contributed by atoms with Crippen molar-refractivity contribution < 1.29 is 4.58 Å². The van der Waals surface area contributed by atoms with Crippen molar-refractivity contribution in [1.29, 1.82) is 0 Å². The SMILES string of the molecule is CCCCN1\C(=C/C=C/C=C/C2=[N+](CCCC)c3c(ccc4ccccc34)C2(C)C)C(C)(C)c2c1ccc1ccccc21. The van der Waals surface area contributed by atoms with Gasteiger partial charge < -0.3 is 4.90 Å². The molecular weight excluding hydrogens is 520 g/mol. The van der Waals surface area contributed by atoms with Crippen molar-refractivity contribution in [3.63, 3.8) is 0 Å². The average molecular weight is 568 g/mol. The Morgan fingerprint density at radius 2 is 1.37 bits per heavy atom. The molecule has 2 aliphatic rings. The van der Waals surface area contributed by atoms with Crippen LogP contribution in [0.5, 0.6) is 0 Å². The zero-order valence-corrected chi connectivity index (χ0v) is 27.0. The minimum Gasteiger partial charge on any atom is -0.344 e. The van der Waals surface area contributed by atoms with Crippen molar-refractivity contribution in [1.82, 2.24) is 0 Å². The fourth-order valence-electron chi connectivity index (χ4n) is 7.44. The van der Waals surface area contributed by atoms with Gasteiger partial charge in [0, 0.05) is 41.4 Å². The van der Waals surface area contributed by atoms with Gasteiger partial charge in [0.05, 0.1) is 10.8 Å². The molecule has 0 amide bonds. The summed E-state index contributed by atoms with van der Waals surface area (Å²) in [5.74, 6) is 0. The number of anilines is 1. The van der Waals surface area contributed by atoms with E-state index in [-0.39, 0.29) is 10.8 Å². The molecule has 2 aliphatic heterocycles. The summed E-state index contributed by atoms with van der Waals surface area (Å²) < 4.78 is 2.60. The smallest absolute Gasteiger partial charge is 0.217 e. The lowest BCUT2D eigenvalue weighted by atomic mass is 9.80. The van der Waals surface area contributed by atoms with Crippen molar-refractivity contribution in [3.8, 4) is 0 Å². The maximum Gasteiger partial charge on any atom is 0.217 e. The van der Waals surface area contributed by atoms with Gasteiger partial charge >= 0.3 is 0 Å². The third-order valence-electron chi connectivity index (χ3n) is 9.73. The number of rotatable bonds is 9. The van der Waals surface area contributed by atoms with E-state index < -0.39 is 0 Å². The van der Waals surface area contributed by atoms with Gasteiger partial charge in [0.2, 0.25) is 5.69 Å². The van der Waals surface area contributed by atoms with Crippen LogP contribution in [0.25, 0.3) is 21.5 Å². The van der Waals surface area contributed by atoms with E-state index in [1.165, 1.54) is 81.1 Å². The average Bonchev–Trinajstić information content (AvgIpc) is 3.37. The number of hydrogen-bond donors (Lipinski definition) is 0. The van der Waals surface area contributed by atoms with Crippen LogP contribution in [0.2, 0.25) is 0 Å². The highest BCUT2D eigenvalue weighted by Gasteiger charge is 2.45. The van der Waals surface area contributed by atoms with Crippen LogP contribution >= 0.6 is 0 Å². The van der Waals surface area contributed by atoms with Crippen LogP contribution < -0.4 is 4.90 Å². The maximum absolute atomic E-state index is 2.60. The molecule has 0 fully saturated rings. The molecule has 0 aliphatic carbocycles. The Labute approximate surface area is 258 Å². The van der Waals surface area contributed by atoms with Crippen molar-refractivity contribution in [2.24, 2.45) is 0 Å². The zero-order chi connectivity index (χ0) is 30.2. The van der Waals surface area contributed by atoms with E-state index >= 15 is 0 Å². The second-order valence-electron chi connectivity index (χ2n) is 13.3. The molecule has 4 aromatic rings. The highest BCUT2D eigenvalue weighted by atomic mass is 15.2. The van der Waals surface area contributed by atoms with Gasteiger partial charge in [0.1, 0.15) is 6.54 Å². The quantitative estimate of drug-likeness (QED) is 0.144. The van der Waals surface area contributed by atoms with E-state index in [1.54, 1.807) is 0 Å². The number of hydrogen-bond acceptors (Lipinski definition) is 1. The van der Waals surface area contributed by atoms with E-state index in [1.807, 2.05) is 0 Å². The summed E-state index contributed by atoms with van der Waals surface area (Å²) >= 11 is 0. The molecule has 43 heavy (non-hydrogen) atoms. The lowest BCUT2D eigenvalue weighted by Gasteiger charge is -2.27. The number of benzene rings is 4. The molecule has 4 aromatic carbocycles. The summed E-state index contributed by atoms with van der Waals surface area (Å²) in [6.45, 7) is 16.2. The van der Waals surface area contributed by atoms with Gasteiger partial charge in [-0.25, -0.2) is 0 Å². The third kappa shape index (κ3) is 4.95. The molecule has 6 rings (SSSR count). The highest BCUT2D eigenvalue weighted by Crippen LogP contribution is 2.51. The topological polar surface area (TPSA) is 6.25 Å². The number of allylic oxidation sites excluding steroid dienone is 6. The number of nitrogens with zero attached hydrogens (tertiary/aromatic N) is 2. The van der Waals surface area contributed by atoms with E-state index in [4.69, 9.17) is 0 Å². The minimum atomic E-state index is -0.0696.